The third kappa shape index (κ3) is 9.14. The molecule has 0 atom stereocenters. The van der Waals surface area contributed by atoms with E-state index < -0.39 is 0 Å². The van der Waals surface area contributed by atoms with Crippen molar-refractivity contribution >= 4 is 29.9 Å². The first kappa shape index (κ1) is 40.5. The fourth-order valence-electron chi connectivity index (χ4n) is 7.24. The first-order valence-corrected chi connectivity index (χ1v) is 19.1. The molecule has 0 spiro atoms. The van der Waals surface area contributed by atoms with Gasteiger partial charge in [0.05, 0.1) is 42.7 Å². The Morgan fingerprint density at radius 3 is 1.48 bits per heavy atom. The summed E-state index contributed by atoms with van der Waals surface area (Å²) in [4.78, 5) is 6.44. The van der Waals surface area contributed by atoms with Gasteiger partial charge in [-0.3, -0.25) is 4.90 Å². The molecule has 0 bridgehead atoms. The van der Waals surface area contributed by atoms with Crippen LogP contribution in [0.25, 0.3) is 22.3 Å². The number of halogens is 1. The van der Waals surface area contributed by atoms with Crippen LogP contribution in [-0.4, -0.2) is 72.9 Å². The van der Waals surface area contributed by atoms with Crippen LogP contribution in [0.15, 0.2) is 102 Å². The molecule has 1 heterocycles. The minimum Gasteiger partial charge on any atom is -0.493 e. The molecular weight excluding hydrogens is 720 g/mol. The van der Waals surface area contributed by atoms with Crippen LogP contribution in [0.2, 0.25) is 0 Å². The molecule has 1 fully saturated rings. The summed E-state index contributed by atoms with van der Waals surface area (Å²) in [6, 6.07) is 35.0. The Kier molecular flexibility index (Phi) is 14.3. The second-order valence-electron chi connectivity index (χ2n) is 13.1. The van der Waals surface area contributed by atoms with Gasteiger partial charge in [-0.1, -0.05) is 36.4 Å². The molecule has 5 aromatic rings. The zero-order valence-electron chi connectivity index (χ0n) is 32.2. The molecule has 0 amide bonds. The lowest BCUT2D eigenvalue weighted by Gasteiger charge is -2.40. The van der Waals surface area contributed by atoms with Crippen LogP contribution in [0.1, 0.15) is 24.0 Å². The van der Waals surface area contributed by atoms with E-state index in [0.29, 0.717) is 40.5 Å². The fraction of sp³-hybridized carbons (Fsp3) is 0.318. The Labute approximate surface area is 330 Å². The maximum Gasteiger partial charge on any atom is 0.203 e. The molecule has 8 nitrogen and oxygen atoms in total. The highest BCUT2D eigenvalue weighted by Crippen LogP contribution is 2.43. The van der Waals surface area contributed by atoms with Crippen LogP contribution >= 0.6 is 24.2 Å². The highest BCUT2D eigenvalue weighted by Gasteiger charge is 2.26. The van der Waals surface area contributed by atoms with E-state index >= 15 is 0 Å². The van der Waals surface area contributed by atoms with Gasteiger partial charge >= 0.3 is 0 Å². The van der Waals surface area contributed by atoms with Gasteiger partial charge in [-0.25, -0.2) is 0 Å². The first-order valence-electron chi connectivity index (χ1n) is 17.8. The van der Waals surface area contributed by atoms with Crippen molar-refractivity contribution in [2.45, 2.75) is 36.9 Å². The lowest BCUT2D eigenvalue weighted by molar-refractivity contribution is 0.201. The van der Waals surface area contributed by atoms with Crippen molar-refractivity contribution in [1.29, 1.82) is 0 Å². The number of methoxy groups -OCH3 is 6. The smallest absolute Gasteiger partial charge is 0.203 e. The number of piperidine rings is 1. The average molecular weight is 771 g/mol. The van der Waals surface area contributed by atoms with Crippen LogP contribution in [0.3, 0.4) is 0 Å². The average Bonchev–Trinajstić information content (AvgIpc) is 3.22. The highest BCUT2D eigenvalue weighted by atomic mass is 35.5. The van der Waals surface area contributed by atoms with Crippen LogP contribution in [0.5, 0.6) is 34.5 Å². The zero-order valence-corrected chi connectivity index (χ0v) is 33.9. The Morgan fingerprint density at radius 2 is 1.04 bits per heavy atom. The third-order valence-corrected chi connectivity index (χ3v) is 10.8. The van der Waals surface area contributed by atoms with Gasteiger partial charge in [0.2, 0.25) is 11.5 Å². The molecule has 5 aromatic carbocycles. The van der Waals surface area contributed by atoms with E-state index in [9.17, 15) is 0 Å². The predicted molar refractivity (Wildman–Crippen MR) is 223 cm³/mol. The van der Waals surface area contributed by atoms with Crippen molar-refractivity contribution in [2.24, 2.45) is 0 Å². The van der Waals surface area contributed by atoms with Crippen LogP contribution in [0, 0.1) is 0 Å². The number of hydrogen-bond acceptors (Lipinski definition) is 9. The Hall–Kier alpha value is -4.70. The molecule has 1 saturated heterocycles. The Morgan fingerprint density at radius 1 is 0.574 bits per heavy atom. The number of likely N-dealkylation sites (tertiary alicyclic amines) is 1. The van der Waals surface area contributed by atoms with Crippen molar-refractivity contribution in [2.75, 3.05) is 66.9 Å². The number of anilines is 1. The molecule has 0 N–H and O–H groups in total. The number of rotatable bonds is 15. The molecule has 6 rings (SSSR count). The Bertz CT molecular complexity index is 1930. The van der Waals surface area contributed by atoms with Crippen molar-refractivity contribution in [3.63, 3.8) is 0 Å². The van der Waals surface area contributed by atoms with E-state index in [1.807, 2.05) is 24.3 Å². The summed E-state index contributed by atoms with van der Waals surface area (Å²) < 4.78 is 33.7. The molecule has 54 heavy (non-hydrogen) atoms. The van der Waals surface area contributed by atoms with E-state index in [2.05, 4.69) is 88.9 Å². The number of hydrogen-bond donors (Lipinski definition) is 0. The lowest BCUT2D eigenvalue weighted by Crippen LogP contribution is -2.44. The van der Waals surface area contributed by atoms with Crippen LogP contribution in [0.4, 0.5) is 5.69 Å². The van der Waals surface area contributed by atoms with Gasteiger partial charge < -0.3 is 33.3 Å². The molecule has 0 unspecified atom stereocenters. The van der Waals surface area contributed by atoms with Crippen molar-refractivity contribution in [3.8, 4) is 56.8 Å². The normalized spacial score (nSPS) is 13.1. The SMILES string of the molecule is COc1cc(-c2cccc(CN3CCC(N(Cc4cccc(-c5cc(OC)c(OC)c(OC)c5)c4)c4ccc(SC)cc4)CC3)c2)cc(OC)c1OC.Cl. The summed E-state index contributed by atoms with van der Waals surface area (Å²) in [5, 5.41) is 0. The number of ether oxygens (including phenoxy) is 6. The van der Waals surface area contributed by atoms with Gasteiger partial charge in [0.1, 0.15) is 0 Å². The van der Waals surface area contributed by atoms with Crippen molar-refractivity contribution < 1.29 is 28.4 Å². The quantitative estimate of drug-likeness (QED) is 0.0969. The fourth-order valence-corrected chi connectivity index (χ4v) is 7.65. The summed E-state index contributed by atoms with van der Waals surface area (Å²) >= 11 is 1.77. The highest BCUT2D eigenvalue weighted by molar-refractivity contribution is 7.98. The molecular formula is C44H51ClN2O6S. The molecule has 1 aliphatic heterocycles. The summed E-state index contributed by atoms with van der Waals surface area (Å²) in [6.07, 6.45) is 4.27. The Balaban J connectivity index is 0.00000561. The van der Waals surface area contributed by atoms with E-state index in [1.165, 1.54) is 21.7 Å². The van der Waals surface area contributed by atoms with Crippen molar-refractivity contribution in [3.05, 3.63) is 108 Å². The zero-order chi connectivity index (χ0) is 37.3. The molecule has 1 aliphatic rings. The van der Waals surface area contributed by atoms with E-state index in [0.717, 1.165) is 61.3 Å². The summed E-state index contributed by atoms with van der Waals surface area (Å²) in [7, 11) is 9.85. The topological polar surface area (TPSA) is 61.9 Å². The molecule has 0 radical (unpaired) electrons. The molecule has 286 valence electrons. The molecule has 0 aliphatic carbocycles. The van der Waals surface area contributed by atoms with Crippen LogP contribution < -0.4 is 33.3 Å². The van der Waals surface area contributed by atoms with Gasteiger partial charge in [0.15, 0.2) is 23.0 Å². The minimum absolute atomic E-state index is 0. The summed E-state index contributed by atoms with van der Waals surface area (Å²) in [6.45, 7) is 3.73. The number of thioether (sulfide) groups is 1. The second-order valence-corrected chi connectivity index (χ2v) is 13.9. The summed E-state index contributed by atoms with van der Waals surface area (Å²) in [5.41, 5.74) is 8.03. The minimum atomic E-state index is 0. The standard InChI is InChI=1S/C44H50N2O6S.ClH/c1-47-39-24-34(25-40(48-2)43(39)51-5)32-12-8-10-30(22-32)28-45-20-18-37(19-21-45)46(36-14-16-38(53-7)17-15-36)29-31-11-9-13-33(23-31)35-26-41(49-3)44(52-6)42(27-35)50-4;/h8-17,22-27,37H,18-21,28-29H2,1-7H3;1H. The number of benzene rings is 5. The van der Waals surface area contributed by atoms with Gasteiger partial charge in [-0.15, -0.1) is 24.2 Å². The molecule has 0 saturated carbocycles. The maximum absolute atomic E-state index is 5.66. The molecule has 0 aromatic heterocycles. The largest absolute Gasteiger partial charge is 0.493 e. The van der Waals surface area contributed by atoms with Crippen molar-refractivity contribution in [1.82, 2.24) is 4.90 Å². The summed E-state index contributed by atoms with van der Waals surface area (Å²) in [5.74, 6) is 3.76. The van der Waals surface area contributed by atoms with E-state index in [1.54, 1.807) is 54.4 Å². The number of nitrogens with zero attached hydrogens (tertiary/aromatic N) is 2. The second kappa shape index (κ2) is 19.1. The predicted octanol–water partition coefficient (Wildman–Crippen LogP) is 9.89. The maximum atomic E-state index is 5.66. The first-order chi connectivity index (χ1) is 25.9. The van der Waals surface area contributed by atoms with Gasteiger partial charge in [0.25, 0.3) is 0 Å². The lowest BCUT2D eigenvalue weighted by atomic mass is 9.98. The van der Waals surface area contributed by atoms with E-state index in [4.69, 9.17) is 28.4 Å². The monoisotopic (exact) mass is 770 g/mol. The third-order valence-electron chi connectivity index (χ3n) is 10.0. The van der Waals surface area contributed by atoms with Gasteiger partial charge in [-0.05, 0) is 113 Å². The van der Waals surface area contributed by atoms with Gasteiger partial charge in [0, 0.05) is 42.8 Å². The molecule has 10 heteroatoms. The van der Waals surface area contributed by atoms with E-state index in [-0.39, 0.29) is 12.4 Å². The van der Waals surface area contributed by atoms with Crippen LogP contribution in [-0.2, 0) is 13.1 Å². The van der Waals surface area contributed by atoms with Gasteiger partial charge in [-0.2, -0.15) is 0 Å².